The molecule has 2 nitrogen and oxygen atoms in total. The smallest absolute Gasteiger partial charge is 0.0856 e. The van der Waals surface area contributed by atoms with E-state index in [0.29, 0.717) is 18.1 Å². The zero-order chi connectivity index (χ0) is 20.9. The highest BCUT2D eigenvalue weighted by Gasteiger charge is 2.42. The Bertz CT molecular complexity index is 771. The van der Waals surface area contributed by atoms with Gasteiger partial charge in [-0.25, -0.2) is 0 Å². The summed E-state index contributed by atoms with van der Waals surface area (Å²) in [5.74, 6) is 0.706. The molecule has 2 aromatic rings. The minimum Gasteiger partial charge on any atom is -0.370 e. The second-order valence-electron chi connectivity index (χ2n) is 10.2. The molecule has 166 valence electrons. The largest absolute Gasteiger partial charge is 0.370 e. The summed E-state index contributed by atoms with van der Waals surface area (Å²) in [6.07, 6.45) is 15.3. The first kappa shape index (κ1) is 21.2. The zero-order valence-corrected chi connectivity index (χ0v) is 19.0. The average Bonchev–Trinajstić information content (AvgIpc) is 3.07. The number of ether oxygens (including phenoxy) is 1. The molecule has 2 bridgehead atoms. The van der Waals surface area contributed by atoms with Gasteiger partial charge in [-0.1, -0.05) is 79.9 Å². The Kier molecular flexibility index (Phi) is 7.06. The molecule has 0 aromatic heterocycles. The molecule has 2 unspecified atom stereocenters. The summed E-state index contributed by atoms with van der Waals surface area (Å²) in [5.41, 5.74) is 2.89. The molecule has 1 saturated carbocycles. The predicted molar refractivity (Wildman–Crippen MR) is 128 cm³/mol. The Balaban J connectivity index is 1.19. The summed E-state index contributed by atoms with van der Waals surface area (Å²) < 4.78 is 6.99. The molecule has 2 heteroatoms. The van der Waals surface area contributed by atoms with Crippen LogP contribution in [-0.2, 0) is 11.2 Å². The summed E-state index contributed by atoms with van der Waals surface area (Å²) in [5, 5.41) is 0. The van der Waals surface area contributed by atoms with E-state index < -0.39 is 0 Å². The third-order valence-corrected chi connectivity index (χ3v) is 8.11. The maximum absolute atomic E-state index is 6.99. The summed E-state index contributed by atoms with van der Waals surface area (Å²) in [6, 6.07) is 23.6. The van der Waals surface area contributed by atoms with Crippen LogP contribution in [0.2, 0.25) is 0 Å². The van der Waals surface area contributed by atoms with Crippen LogP contribution >= 0.6 is 0 Å². The molecule has 3 aliphatic rings. The van der Waals surface area contributed by atoms with Gasteiger partial charge in [0.2, 0.25) is 0 Å². The minimum absolute atomic E-state index is 0.301. The van der Waals surface area contributed by atoms with Crippen LogP contribution in [0.3, 0.4) is 0 Å². The van der Waals surface area contributed by atoms with Gasteiger partial charge in [0.15, 0.2) is 0 Å². The lowest BCUT2D eigenvalue weighted by Gasteiger charge is -2.41. The van der Waals surface area contributed by atoms with Crippen molar-refractivity contribution >= 4 is 0 Å². The highest BCUT2D eigenvalue weighted by molar-refractivity contribution is 5.19. The van der Waals surface area contributed by atoms with E-state index in [4.69, 9.17) is 4.74 Å². The van der Waals surface area contributed by atoms with Crippen molar-refractivity contribution in [3.05, 3.63) is 71.8 Å². The van der Waals surface area contributed by atoms with Crippen molar-refractivity contribution in [1.29, 1.82) is 0 Å². The van der Waals surface area contributed by atoms with E-state index in [0.717, 1.165) is 12.1 Å². The number of fused-ring (bicyclic) bond motifs is 2. The molecule has 4 atom stereocenters. The van der Waals surface area contributed by atoms with Gasteiger partial charge in [0.05, 0.1) is 12.2 Å². The van der Waals surface area contributed by atoms with Crippen LogP contribution in [0.1, 0.15) is 81.4 Å². The van der Waals surface area contributed by atoms with E-state index in [1.165, 1.54) is 88.3 Å². The van der Waals surface area contributed by atoms with E-state index in [9.17, 15) is 0 Å². The molecule has 3 fully saturated rings. The summed E-state index contributed by atoms with van der Waals surface area (Å²) in [6.45, 7) is 1.25. The molecule has 2 aromatic carbocycles. The zero-order valence-electron chi connectivity index (χ0n) is 19.0. The SMILES string of the molecule is c1ccc(CCCN2[C@@H]3CC[C@H]2CC(OC(c2ccccc2)C2CCCCC2)C3)cc1. The fourth-order valence-electron chi connectivity index (χ4n) is 6.56. The van der Waals surface area contributed by atoms with Gasteiger partial charge < -0.3 is 4.74 Å². The topological polar surface area (TPSA) is 12.5 Å². The van der Waals surface area contributed by atoms with Crippen molar-refractivity contribution in [2.45, 2.75) is 94.9 Å². The van der Waals surface area contributed by atoms with Gasteiger partial charge in [0.1, 0.15) is 0 Å². The number of rotatable bonds is 8. The van der Waals surface area contributed by atoms with Crippen LogP contribution in [-0.4, -0.2) is 29.6 Å². The van der Waals surface area contributed by atoms with Crippen molar-refractivity contribution in [2.24, 2.45) is 5.92 Å². The third-order valence-electron chi connectivity index (χ3n) is 8.11. The third kappa shape index (κ3) is 5.23. The molecular formula is C29H39NO. The fraction of sp³-hybridized carbons (Fsp3) is 0.586. The fourth-order valence-corrected chi connectivity index (χ4v) is 6.56. The number of piperidine rings is 1. The van der Waals surface area contributed by atoms with E-state index in [1.54, 1.807) is 0 Å². The molecule has 1 aliphatic carbocycles. The first-order valence-electron chi connectivity index (χ1n) is 12.9. The summed E-state index contributed by atoms with van der Waals surface area (Å²) in [7, 11) is 0. The van der Waals surface area contributed by atoms with Gasteiger partial charge in [-0.15, -0.1) is 0 Å². The average molecular weight is 418 g/mol. The van der Waals surface area contributed by atoms with Crippen LogP contribution in [0.15, 0.2) is 60.7 Å². The Morgan fingerprint density at radius 3 is 2.10 bits per heavy atom. The molecule has 0 spiro atoms. The van der Waals surface area contributed by atoms with Crippen LogP contribution in [0, 0.1) is 5.92 Å². The van der Waals surface area contributed by atoms with Gasteiger partial charge >= 0.3 is 0 Å². The molecule has 0 N–H and O–H groups in total. The normalized spacial score (nSPS) is 27.9. The van der Waals surface area contributed by atoms with Gasteiger partial charge in [-0.3, -0.25) is 4.90 Å². The van der Waals surface area contributed by atoms with E-state index in [2.05, 4.69) is 65.6 Å². The van der Waals surface area contributed by atoms with Gasteiger partial charge in [0, 0.05) is 12.1 Å². The Morgan fingerprint density at radius 2 is 1.42 bits per heavy atom. The van der Waals surface area contributed by atoms with Crippen molar-refractivity contribution in [3.8, 4) is 0 Å². The Labute approximate surface area is 189 Å². The van der Waals surface area contributed by atoms with E-state index >= 15 is 0 Å². The molecule has 0 radical (unpaired) electrons. The number of nitrogens with zero attached hydrogens (tertiary/aromatic N) is 1. The molecule has 5 rings (SSSR count). The molecule has 2 aliphatic heterocycles. The van der Waals surface area contributed by atoms with Crippen molar-refractivity contribution in [1.82, 2.24) is 4.90 Å². The lowest BCUT2D eigenvalue weighted by Crippen LogP contribution is -2.46. The number of hydrogen-bond donors (Lipinski definition) is 0. The lowest BCUT2D eigenvalue weighted by molar-refractivity contribution is -0.0891. The molecule has 0 amide bonds. The first-order chi connectivity index (χ1) is 15.4. The Morgan fingerprint density at radius 1 is 0.774 bits per heavy atom. The van der Waals surface area contributed by atoms with Gasteiger partial charge in [0.25, 0.3) is 0 Å². The second-order valence-corrected chi connectivity index (χ2v) is 10.2. The van der Waals surface area contributed by atoms with Crippen LogP contribution in [0.4, 0.5) is 0 Å². The van der Waals surface area contributed by atoms with Gasteiger partial charge in [-0.05, 0) is 75.0 Å². The number of hydrogen-bond acceptors (Lipinski definition) is 2. The predicted octanol–water partition coefficient (Wildman–Crippen LogP) is 6.95. The first-order valence-corrected chi connectivity index (χ1v) is 12.9. The number of benzene rings is 2. The maximum atomic E-state index is 6.99. The van der Waals surface area contributed by atoms with Crippen LogP contribution in [0.5, 0.6) is 0 Å². The van der Waals surface area contributed by atoms with Crippen LogP contribution < -0.4 is 0 Å². The van der Waals surface area contributed by atoms with E-state index in [1.807, 2.05) is 0 Å². The van der Waals surface area contributed by atoms with Gasteiger partial charge in [-0.2, -0.15) is 0 Å². The quantitative estimate of drug-likeness (QED) is 0.460. The van der Waals surface area contributed by atoms with E-state index in [-0.39, 0.29) is 0 Å². The van der Waals surface area contributed by atoms with Crippen molar-refractivity contribution in [2.75, 3.05) is 6.54 Å². The standard InChI is InChI=1S/C29H39NO/c1-4-11-23(12-5-1)13-10-20-30-26-18-19-27(30)22-28(21-26)31-29(24-14-6-2-7-15-24)25-16-8-3-9-17-25/h1-2,4-7,11-12,14-15,25-29H,3,8-10,13,16-22H2/t26-,27+,28?,29?. The van der Waals surface area contributed by atoms with Crippen molar-refractivity contribution < 1.29 is 4.74 Å². The molecule has 31 heavy (non-hydrogen) atoms. The molecular weight excluding hydrogens is 378 g/mol. The number of aryl methyl sites for hydroxylation is 1. The van der Waals surface area contributed by atoms with Crippen molar-refractivity contribution in [3.63, 3.8) is 0 Å². The molecule has 2 heterocycles. The monoisotopic (exact) mass is 417 g/mol. The highest BCUT2D eigenvalue weighted by atomic mass is 16.5. The maximum Gasteiger partial charge on any atom is 0.0856 e. The summed E-state index contributed by atoms with van der Waals surface area (Å²) >= 11 is 0. The molecule has 2 saturated heterocycles. The lowest BCUT2D eigenvalue weighted by atomic mass is 9.82. The highest BCUT2D eigenvalue weighted by Crippen LogP contribution is 2.42. The summed E-state index contributed by atoms with van der Waals surface area (Å²) in [4.78, 5) is 2.83. The minimum atomic E-state index is 0.301. The van der Waals surface area contributed by atoms with Crippen LogP contribution in [0.25, 0.3) is 0 Å². The Hall–Kier alpha value is -1.64. The second kappa shape index (κ2) is 10.3.